The predicted molar refractivity (Wildman–Crippen MR) is 106 cm³/mol. The second kappa shape index (κ2) is 7.66. The van der Waals surface area contributed by atoms with E-state index in [9.17, 15) is 9.59 Å². The molecule has 8 heteroatoms. The summed E-state index contributed by atoms with van der Waals surface area (Å²) >= 11 is 12.1. The number of fused-ring (bicyclic) bond motifs is 1. The largest absolute Gasteiger partial charge is 0.461 e. The van der Waals surface area contributed by atoms with Gasteiger partial charge in [0.2, 0.25) is 5.28 Å². The van der Waals surface area contributed by atoms with Gasteiger partial charge in [-0.15, -0.1) is 0 Å². The number of aromatic nitrogens is 3. The van der Waals surface area contributed by atoms with E-state index < -0.39 is 5.97 Å². The van der Waals surface area contributed by atoms with Crippen molar-refractivity contribution in [3.05, 3.63) is 56.7 Å². The Morgan fingerprint density at radius 1 is 1.26 bits per heavy atom. The molecule has 6 nitrogen and oxygen atoms in total. The zero-order valence-electron chi connectivity index (χ0n) is 15.0. The molecule has 2 heterocycles. The van der Waals surface area contributed by atoms with Gasteiger partial charge in [-0.25, -0.2) is 14.8 Å². The van der Waals surface area contributed by atoms with E-state index in [2.05, 4.69) is 9.97 Å². The summed E-state index contributed by atoms with van der Waals surface area (Å²) in [7, 11) is 0. The molecule has 0 N–H and O–H groups in total. The smallest absolute Gasteiger partial charge is 0.355 e. The predicted octanol–water partition coefficient (Wildman–Crippen LogP) is 4.52. The molecule has 0 unspecified atom stereocenters. The van der Waals surface area contributed by atoms with Gasteiger partial charge in [0.15, 0.2) is 5.43 Å². The van der Waals surface area contributed by atoms with Crippen LogP contribution in [0.2, 0.25) is 10.3 Å². The molecular formula is C19H17Cl2N3O3. The molecule has 1 aromatic carbocycles. The first-order valence-corrected chi connectivity index (χ1v) is 9.14. The molecule has 0 aliphatic rings. The second-order valence-electron chi connectivity index (χ2n) is 6.15. The van der Waals surface area contributed by atoms with Crippen LogP contribution in [0.25, 0.3) is 22.2 Å². The Hall–Kier alpha value is -2.44. The van der Waals surface area contributed by atoms with Gasteiger partial charge in [0, 0.05) is 23.1 Å². The van der Waals surface area contributed by atoms with Crippen molar-refractivity contribution in [2.24, 2.45) is 0 Å². The number of ether oxygens (including phenoxy) is 1. The molecule has 0 amide bonds. The van der Waals surface area contributed by atoms with E-state index in [0.717, 1.165) is 0 Å². The lowest BCUT2D eigenvalue weighted by Gasteiger charge is -2.20. The quantitative estimate of drug-likeness (QED) is 0.470. The molecule has 0 bridgehead atoms. The van der Waals surface area contributed by atoms with Crippen LogP contribution in [0, 0.1) is 0 Å². The van der Waals surface area contributed by atoms with E-state index in [1.165, 1.54) is 12.3 Å². The summed E-state index contributed by atoms with van der Waals surface area (Å²) in [6.45, 7) is 5.79. The molecule has 0 aliphatic heterocycles. The maximum absolute atomic E-state index is 12.6. The molecule has 3 aromatic rings. The summed E-state index contributed by atoms with van der Waals surface area (Å²) in [6, 6.07) is 6.42. The zero-order valence-corrected chi connectivity index (χ0v) is 16.5. The van der Waals surface area contributed by atoms with Gasteiger partial charge < -0.3 is 9.30 Å². The lowest BCUT2D eigenvalue weighted by atomic mass is 10.1. The molecule has 0 spiro atoms. The molecule has 27 heavy (non-hydrogen) atoms. The molecule has 140 valence electrons. The van der Waals surface area contributed by atoms with Crippen molar-refractivity contribution >= 4 is 40.1 Å². The molecule has 0 saturated carbocycles. The SMILES string of the molecule is CCOC(=O)c1cc(=O)c2ccc(-c3nc(Cl)ncc3Cl)cc2n1C(C)C. The van der Waals surface area contributed by atoms with Gasteiger partial charge in [-0.05, 0) is 44.5 Å². The van der Waals surface area contributed by atoms with Crippen molar-refractivity contribution in [1.29, 1.82) is 0 Å². The standard InChI is InChI=1S/C19H17Cl2N3O3/c1-4-27-18(26)15-8-16(25)12-6-5-11(7-14(12)24(15)10(2)3)17-13(20)9-22-19(21)23-17/h5-10H,4H2,1-3H3. The summed E-state index contributed by atoms with van der Waals surface area (Å²) in [6.07, 6.45) is 1.42. The van der Waals surface area contributed by atoms with Gasteiger partial charge in [-0.3, -0.25) is 4.79 Å². The first-order valence-electron chi connectivity index (χ1n) is 8.38. The van der Waals surface area contributed by atoms with Crippen molar-refractivity contribution in [3.63, 3.8) is 0 Å². The number of carbonyl (C=O) groups is 1. The van der Waals surface area contributed by atoms with Crippen LogP contribution in [0.1, 0.15) is 37.3 Å². The minimum absolute atomic E-state index is 0.0658. The summed E-state index contributed by atoms with van der Waals surface area (Å²) in [5.74, 6) is -0.543. The Morgan fingerprint density at radius 3 is 2.67 bits per heavy atom. The van der Waals surface area contributed by atoms with Crippen LogP contribution in [-0.4, -0.2) is 27.1 Å². The van der Waals surface area contributed by atoms with Gasteiger partial charge in [0.05, 0.1) is 29.0 Å². The molecule has 0 atom stereocenters. The van der Waals surface area contributed by atoms with Gasteiger partial charge >= 0.3 is 5.97 Å². The maximum Gasteiger partial charge on any atom is 0.355 e. The normalized spacial score (nSPS) is 11.2. The van der Waals surface area contributed by atoms with Crippen LogP contribution < -0.4 is 5.43 Å². The Kier molecular flexibility index (Phi) is 5.48. The van der Waals surface area contributed by atoms with Crippen molar-refractivity contribution in [2.45, 2.75) is 26.8 Å². The van der Waals surface area contributed by atoms with E-state index in [0.29, 0.717) is 27.2 Å². The Bertz CT molecular complexity index is 1090. The summed E-state index contributed by atoms with van der Waals surface area (Å²) in [5, 5.41) is 0.881. The fraction of sp³-hybridized carbons (Fsp3) is 0.263. The van der Waals surface area contributed by atoms with Crippen LogP contribution in [0.3, 0.4) is 0 Å². The molecule has 0 fully saturated rings. The first kappa shape index (κ1) is 19.3. The highest BCUT2D eigenvalue weighted by molar-refractivity contribution is 6.33. The number of benzene rings is 1. The Balaban J connectivity index is 2.34. The van der Waals surface area contributed by atoms with Gasteiger partial charge in [0.25, 0.3) is 0 Å². The molecule has 2 aromatic heterocycles. The van der Waals surface area contributed by atoms with Crippen molar-refractivity contribution < 1.29 is 9.53 Å². The third kappa shape index (κ3) is 3.68. The van der Waals surface area contributed by atoms with E-state index in [-0.39, 0.29) is 29.1 Å². The topological polar surface area (TPSA) is 74.1 Å². The lowest BCUT2D eigenvalue weighted by molar-refractivity contribution is 0.0511. The van der Waals surface area contributed by atoms with E-state index in [4.69, 9.17) is 27.9 Å². The van der Waals surface area contributed by atoms with Gasteiger partial charge in [-0.1, -0.05) is 17.7 Å². The van der Waals surface area contributed by atoms with Crippen LogP contribution in [0.5, 0.6) is 0 Å². The molecule has 0 radical (unpaired) electrons. The van der Waals surface area contributed by atoms with Crippen LogP contribution >= 0.6 is 23.2 Å². The number of pyridine rings is 1. The number of esters is 1. The number of rotatable bonds is 4. The Morgan fingerprint density at radius 2 is 2.00 bits per heavy atom. The minimum Gasteiger partial charge on any atom is -0.461 e. The van der Waals surface area contributed by atoms with Crippen LogP contribution in [0.4, 0.5) is 0 Å². The minimum atomic E-state index is -0.543. The fourth-order valence-electron chi connectivity index (χ4n) is 2.95. The van der Waals surface area contributed by atoms with Crippen molar-refractivity contribution in [1.82, 2.24) is 14.5 Å². The van der Waals surface area contributed by atoms with E-state index in [1.54, 1.807) is 29.7 Å². The maximum atomic E-state index is 12.6. The average molecular weight is 406 g/mol. The van der Waals surface area contributed by atoms with E-state index >= 15 is 0 Å². The van der Waals surface area contributed by atoms with Gasteiger partial charge in [-0.2, -0.15) is 0 Å². The van der Waals surface area contributed by atoms with Crippen LogP contribution in [0.15, 0.2) is 35.3 Å². The molecule has 0 aliphatic carbocycles. The average Bonchev–Trinajstić information content (AvgIpc) is 2.63. The number of nitrogens with zero attached hydrogens (tertiary/aromatic N) is 3. The lowest BCUT2D eigenvalue weighted by Crippen LogP contribution is -2.21. The molecule has 0 saturated heterocycles. The van der Waals surface area contributed by atoms with Crippen LogP contribution in [-0.2, 0) is 4.74 Å². The molecular weight excluding hydrogens is 389 g/mol. The molecule has 3 rings (SSSR count). The fourth-order valence-corrected chi connectivity index (χ4v) is 3.29. The highest BCUT2D eigenvalue weighted by Crippen LogP contribution is 2.29. The summed E-state index contributed by atoms with van der Waals surface area (Å²) in [4.78, 5) is 33.0. The monoisotopic (exact) mass is 405 g/mol. The van der Waals surface area contributed by atoms with E-state index in [1.807, 2.05) is 13.8 Å². The highest BCUT2D eigenvalue weighted by Gasteiger charge is 2.19. The Labute approximate surface area is 165 Å². The number of hydrogen-bond acceptors (Lipinski definition) is 5. The number of carbonyl (C=O) groups excluding carboxylic acids is 1. The first-order chi connectivity index (χ1) is 12.8. The third-order valence-corrected chi connectivity index (χ3v) is 4.50. The second-order valence-corrected chi connectivity index (χ2v) is 6.89. The van der Waals surface area contributed by atoms with Gasteiger partial charge in [0.1, 0.15) is 5.69 Å². The number of hydrogen-bond donors (Lipinski definition) is 0. The van der Waals surface area contributed by atoms with Crippen molar-refractivity contribution in [2.75, 3.05) is 6.61 Å². The third-order valence-electron chi connectivity index (χ3n) is 4.04. The summed E-state index contributed by atoms with van der Waals surface area (Å²) in [5.41, 5.74) is 1.63. The van der Waals surface area contributed by atoms with Crippen molar-refractivity contribution in [3.8, 4) is 11.3 Å². The summed E-state index contributed by atoms with van der Waals surface area (Å²) < 4.78 is 6.89. The highest BCUT2D eigenvalue weighted by atomic mass is 35.5. The number of halogens is 2. The zero-order chi connectivity index (χ0) is 19.7.